The van der Waals surface area contributed by atoms with E-state index < -0.39 is 4.92 Å². The van der Waals surface area contributed by atoms with Crippen molar-refractivity contribution in [3.8, 4) is 11.3 Å². The van der Waals surface area contributed by atoms with E-state index in [0.717, 1.165) is 36.4 Å². The Labute approximate surface area is 179 Å². The molecule has 1 N–H and O–H groups in total. The van der Waals surface area contributed by atoms with E-state index in [1.54, 1.807) is 18.3 Å². The molecular weight excluding hydrogens is 400 g/mol. The summed E-state index contributed by atoms with van der Waals surface area (Å²) in [4.78, 5) is 17.2. The zero-order chi connectivity index (χ0) is 21.1. The third-order valence-corrected chi connectivity index (χ3v) is 5.58. The van der Waals surface area contributed by atoms with E-state index in [1.807, 2.05) is 30.3 Å². The summed E-state index contributed by atoms with van der Waals surface area (Å²) in [7, 11) is 0. The van der Waals surface area contributed by atoms with Crippen LogP contribution in [0.4, 0.5) is 5.69 Å². The summed E-state index contributed by atoms with van der Waals surface area (Å²) in [6.45, 7) is 2.97. The summed E-state index contributed by atoms with van der Waals surface area (Å²) in [6, 6.07) is 15.8. The Balaban J connectivity index is 1.67. The number of pyridine rings is 1. The largest absolute Gasteiger partial charge is 0.459 e. The lowest BCUT2D eigenvalue weighted by molar-refractivity contribution is -0.384. The minimum atomic E-state index is -0.411. The van der Waals surface area contributed by atoms with Gasteiger partial charge in [0.25, 0.3) is 5.69 Å². The fourth-order valence-corrected chi connectivity index (χ4v) is 4.03. The lowest BCUT2D eigenvalue weighted by atomic mass is 10.0. The quantitative estimate of drug-likeness (QED) is 0.325. The first kappa shape index (κ1) is 20.0. The summed E-state index contributed by atoms with van der Waals surface area (Å²) < 4.78 is 6.23. The van der Waals surface area contributed by atoms with Gasteiger partial charge in [0.2, 0.25) is 0 Å². The normalized spacial score (nSPS) is 18.4. The van der Waals surface area contributed by atoms with Gasteiger partial charge in [-0.1, -0.05) is 19.4 Å². The maximum absolute atomic E-state index is 10.9. The van der Waals surface area contributed by atoms with Gasteiger partial charge in [-0.05, 0) is 55.0 Å². The van der Waals surface area contributed by atoms with Gasteiger partial charge < -0.3 is 14.6 Å². The summed E-state index contributed by atoms with van der Waals surface area (Å²) in [5, 5.41) is 15.0. The molecule has 3 heterocycles. The topological polar surface area (TPSA) is 84.4 Å². The van der Waals surface area contributed by atoms with Crippen LogP contribution >= 0.6 is 12.2 Å². The Kier molecular flexibility index (Phi) is 5.76. The number of furan rings is 1. The van der Waals surface area contributed by atoms with Gasteiger partial charge in [0.05, 0.1) is 16.7 Å². The highest BCUT2D eigenvalue weighted by atomic mass is 32.1. The number of nitrogens with one attached hydrogen (secondary N) is 1. The molecule has 4 rings (SSSR count). The average Bonchev–Trinajstić information content (AvgIpc) is 3.37. The number of nitrogens with zero attached hydrogens (tertiary/aromatic N) is 3. The first-order chi connectivity index (χ1) is 14.6. The molecule has 7 nitrogen and oxygen atoms in total. The van der Waals surface area contributed by atoms with Crippen LogP contribution in [0, 0.1) is 10.1 Å². The Morgan fingerprint density at radius 1 is 1.20 bits per heavy atom. The highest BCUT2D eigenvalue weighted by Crippen LogP contribution is 2.40. The summed E-state index contributed by atoms with van der Waals surface area (Å²) in [5.41, 5.74) is 1.74. The summed E-state index contributed by atoms with van der Waals surface area (Å²) in [6.07, 6.45) is 3.85. The molecule has 0 saturated carbocycles. The van der Waals surface area contributed by atoms with E-state index in [-0.39, 0.29) is 17.8 Å². The minimum Gasteiger partial charge on any atom is -0.459 e. The van der Waals surface area contributed by atoms with Gasteiger partial charge in [0, 0.05) is 30.4 Å². The Bertz CT molecular complexity index is 1040. The molecular formula is C22H22N4O3S. The molecule has 0 bridgehead atoms. The molecule has 0 aliphatic carbocycles. The molecule has 1 aliphatic rings. The summed E-state index contributed by atoms with van der Waals surface area (Å²) >= 11 is 5.63. The van der Waals surface area contributed by atoms with Crippen molar-refractivity contribution in [2.24, 2.45) is 0 Å². The number of benzene rings is 1. The number of thiocarbonyl (C=S) groups is 1. The van der Waals surface area contributed by atoms with E-state index in [0.29, 0.717) is 10.9 Å². The molecule has 0 amide bonds. The third kappa shape index (κ3) is 3.91. The molecule has 8 heteroatoms. The summed E-state index contributed by atoms with van der Waals surface area (Å²) in [5.74, 6) is 1.44. The van der Waals surface area contributed by atoms with Crippen LogP contribution in [0.15, 0.2) is 65.2 Å². The predicted molar refractivity (Wildman–Crippen MR) is 118 cm³/mol. The number of hydrogen-bond acceptors (Lipinski definition) is 5. The monoisotopic (exact) mass is 422 g/mol. The van der Waals surface area contributed by atoms with Crippen LogP contribution in [0.25, 0.3) is 11.3 Å². The molecule has 0 unspecified atom stereocenters. The van der Waals surface area contributed by atoms with Crippen molar-refractivity contribution in [2.75, 3.05) is 6.54 Å². The number of rotatable bonds is 7. The second-order valence-corrected chi connectivity index (χ2v) is 7.57. The van der Waals surface area contributed by atoms with Gasteiger partial charge in [-0.25, -0.2) is 0 Å². The Morgan fingerprint density at radius 3 is 2.67 bits per heavy atom. The second-order valence-electron chi connectivity index (χ2n) is 7.18. The lowest BCUT2D eigenvalue weighted by Gasteiger charge is -2.25. The second kappa shape index (κ2) is 8.62. The van der Waals surface area contributed by atoms with Crippen molar-refractivity contribution >= 4 is 23.0 Å². The van der Waals surface area contributed by atoms with Crippen molar-refractivity contribution in [3.63, 3.8) is 0 Å². The van der Waals surface area contributed by atoms with Crippen LogP contribution < -0.4 is 5.32 Å². The van der Waals surface area contributed by atoms with Gasteiger partial charge in [-0.3, -0.25) is 15.1 Å². The molecule has 2 aromatic heterocycles. The van der Waals surface area contributed by atoms with Gasteiger partial charge in [0.15, 0.2) is 5.11 Å². The SMILES string of the molecule is CCCCN1C(=S)N[C@H](c2ccccn2)[C@H]1c1ccc(-c2ccc([N+](=O)[O-])cc2)o1. The van der Waals surface area contributed by atoms with Gasteiger partial charge in [0.1, 0.15) is 17.6 Å². The number of nitro groups is 1. The maximum atomic E-state index is 10.9. The van der Waals surface area contributed by atoms with E-state index >= 15 is 0 Å². The number of unbranched alkanes of at least 4 members (excludes halogenated alkanes) is 1. The maximum Gasteiger partial charge on any atom is 0.269 e. The van der Waals surface area contributed by atoms with Crippen LogP contribution in [0.1, 0.15) is 43.3 Å². The smallest absolute Gasteiger partial charge is 0.269 e. The number of aromatic nitrogens is 1. The minimum absolute atomic E-state index is 0.0526. The fourth-order valence-electron chi connectivity index (χ4n) is 3.70. The Hall–Kier alpha value is -3.26. The first-order valence-electron chi connectivity index (χ1n) is 9.91. The van der Waals surface area contributed by atoms with Crippen LogP contribution in [-0.4, -0.2) is 26.5 Å². The van der Waals surface area contributed by atoms with E-state index in [9.17, 15) is 10.1 Å². The Morgan fingerprint density at radius 2 is 2.00 bits per heavy atom. The zero-order valence-electron chi connectivity index (χ0n) is 16.5. The van der Waals surface area contributed by atoms with Gasteiger partial charge in [-0.2, -0.15) is 0 Å². The molecule has 2 atom stereocenters. The molecule has 3 aromatic rings. The predicted octanol–water partition coefficient (Wildman–Crippen LogP) is 5.02. The fraction of sp³-hybridized carbons (Fsp3) is 0.273. The highest BCUT2D eigenvalue weighted by Gasteiger charge is 2.41. The van der Waals surface area contributed by atoms with Crippen molar-refractivity contribution in [2.45, 2.75) is 31.8 Å². The van der Waals surface area contributed by atoms with Crippen LogP contribution in [0.3, 0.4) is 0 Å². The molecule has 0 radical (unpaired) electrons. The average molecular weight is 423 g/mol. The van der Waals surface area contributed by atoms with Gasteiger partial charge >= 0.3 is 0 Å². The standard InChI is InChI=1S/C22H22N4O3S/c1-2-3-14-25-21(20(24-22(25)30)17-6-4-5-13-23-17)19-12-11-18(29-19)15-7-9-16(10-8-15)26(27)28/h4-13,20-21H,2-3,14H2,1H3,(H,24,30)/t20-,21-/m1/s1. The third-order valence-electron chi connectivity index (χ3n) is 5.23. The molecule has 1 aliphatic heterocycles. The molecule has 0 spiro atoms. The van der Waals surface area contributed by atoms with Crippen LogP contribution in [0.2, 0.25) is 0 Å². The van der Waals surface area contributed by atoms with Crippen LogP contribution in [-0.2, 0) is 0 Å². The molecule has 1 fully saturated rings. The van der Waals surface area contributed by atoms with Crippen molar-refractivity contribution < 1.29 is 9.34 Å². The molecule has 1 saturated heterocycles. The van der Waals surface area contributed by atoms with Crippen molar-refractivity contribution in [1.82, 2.24) is 15.2 Å². The zero-order valence-corrected chi connectivity index (χ0v) is 17.3. The van der Waals surface area contributed by atoms with E-state index in [1.165, 1.54) is 12.1 Å². The van der Waals surface area contributed by atoms with Gasteiger partial charge in [-0.15, -0.1) is 0 Å². The van der Waals surface area contributed by atoms with E-state index in [4.69, 9.17) is 16.6 Å². The van der Waals surface area contributed by atoms with Crippen molar-refractivity contribution in [3.05, 3.63) is 82.4 Å². The number of hydrogen-bond donors (Lipinski definition) is 1. The number of non-ortho nitro benzene ring substituents is 1. The first-order valence-corrected chi connectivity index (χ1v) is 10.3. The van der Waals surface area contributed by atoms with Crippen LogP contribution in [0.5, 0.6) is 0 Å². The molecule has 1 aromatic carbocycles. The van der Waals surface area contributed by atoms with Crippen molar-refractivity contribution in [1.29, 1.82) is 0 Å². The molecule has 30 heavy (non-hydrogen) atoms. The van der Waals surface area contributed by atoms with E-state index in [2.05, 4.69) is 22.1 Å². The lowest BCUT2D eigenvalue weighted by Crippen LogP contribution is -2.30. The number of nitro benzene ring substituents is 1. The molecule has 154 valence electrons. The highest BCUT2D eigenvalue weighted by molar-refractivity contribution is 7.80.